The van der Waals surface area contributed by atoms with Gasteiger partial charge in [-0.05, 0) is 48.5 Å². The number of rotatable bonds is 16. The lowest BCUT2D eigenvalue weighted by Crippen LogP contribution is -2.14. The molecule has 0 atom stereocenters. The summed E-state index contributed by atoms with van der Waals surface area (Å²) in [6, 6.07) is 7.06. The van der Waals surface area contributed by atoms with Crippen LogP contribution in [0.4, 0.5) is 10.5 Å². The molecule has 0 aliphatic heterocycles. The average molecular weight is 476 g/mol. The summed E-state index contributed by atoms with van der Waals surface area (Å²) in [5.41, 5.74) is 0.551. The molecule has 0 saturated heterocycles. The fourth-order valence-corrected chi connectivity index (χ4v) is 3.83. The Kier molecular flexibility index (Phi) is 18.7. The first kappa shape index (κ1) is 28.3. The van der Waals surface area contributed by atoms with Crippen LogP contribution in [0.5, 0.6) is 0 Å². The molecule has 1 N–H and O–H groups in total. The van der Waals surface area contributed by atoms with Crippen molar-refractivity contribution < 1.29 is 9.53 Å². The molecule has 5 heteroatoms. The number of thioether (sulfide) groups is 1. The van der Waals surface area contributed by atoms with E-state index in [2.05, 4.69) is 35.3 Å². The molecule has 1 aromatic rings. The zero-order valence-corrected chi connectivity index (χ0v) is 21.1. The van der Waals surface area contributed by atoms with E-state index in [1.807, 2.05) is 6.07 Å². The van der Waals surface area contributed by atoms with Gasteiger partial charge in [0.2, 0.25) is 0 Å². The quantitative estimate of drug-likeness (QED) is 0.192. The number of nitrogens with one attached hydrogen (secondary N) is 1. The summed E-state index contributed by atoms with van der Waals surface area (Å²) in [7, 11) is 0. The van der Waals surface area contributed by atoms with E-state index in [0.717, 1.165) is 25.0 Å². The standard InChI is InChI=1S/C27H38ClNO2S/c1-2-3-4-5-6-7-8-10-13-18-23-32-24-19-14-11-9-12-17-22-31-27(30)29-26-21-16-15-20-25(26)28/h15-16,20-21H,2-10,12-13,17-18,22-23H2,1H3,(H,29,30). The van der Waals surface area contributed by atoms with Crippen LogP contribution in [0.2, 0.25) is 5.02 Å². The molecule has 1 amide bonds. The lowest BCUT2D eigenvalue weighted by molar-refractivity contribution is 0.159. The maximum Gasteiger partial charge on any atom is 0.411 e. The number of carbonyl (C=O) groups is 1. The van der Waals surface area contributed by atoms with Crippen molar-refractivity contribution in [2.24, 2.45) is 0 Å². The molecular formula is C27H38ClNO2S. The van der Waals surface area contributed by atoms with Crippen molar-refractivity contribution >= 4 is 35.1 Å². The average Bonchev–Trinajstić information content (AvgIpc) is 2.79. The van der Waals surface area contributed by atoms with Crippen molar-refractivity contribution in [2.45, 2.75) is 90.4 Å². The van der Waals surface area contributed by atoms with E-state index in [1.54, 1.807) is 30.0 Å². The van der Waals surface area contributed by atoms with Crippen LogP contribution in [-0.4, -0.2) is 18.5 Å². The smallest absolute Gasteiger partial charge is 0.411 e. The number of para-hydroxylation sites is 1. The van der Waals surface area contributed by atoms with Gasteiger partial charge >= 0.3 is 6.09 Å². The summed E-state index contributed by atoms with van der Waals surface area (Å²) in [4.78, 5) is 11.7. The van der Waals surface area contributed by atoms with E-state index in [-0.39, 0.29) is 0 Å². The van der Waals surface area contributed by atoms with Gasteiger partial charge in [-0.1, -0.05) is 106 Å². The van der Waals surface area contributed by atoms with Crippen molar-refractivity contribution in [1.82, 2.24) is 0 Å². The van der Waals surface area contributed by atoms with Crippen LogP contribution in [0.15, 0.2) is 24.3 Å². The van der Waals surface area contributed by atoms with Gasteiger partial charge in [-0.2, -0.15) is 0 Å². The number of amides is 1. The number of hydrogen-bond acceptors (Lipinski definition) is 3. The number of carbonyl (C=O) groups excluding carboxylic acids is 1. The molecule has 176 valence electrons. The van der Waals surface area contributed by atoms with E-state index in [4.69, 9.17) is 16.3 Å². The molecule has 32 heavy (non-hydrogen) atoms. The van der Waals surface area contributed by atoms with Crippen LogP contribution in [0, 0.1) is 23.0 Å². The summed E-state index contributed by atoms with van der Waals surface area (Å²) in [6.07, 6.45) is 15.5. The summed E-state index contributed by atoms with van der Waals surface area (Å²) in [6.45, 7) is 2.63. The molecule has 0 radical (unpaired) electrons. The first-order chi connectivity index (χ1) is 15.7. The number of anilines is 1. The highest BCUT2D eigenvalue weighted by Crippen LogP contribution is 2.20. The van der Waals surface area contributed by atoms with Gasteiger partial charge in [-0.3, -0.25) is 5.32 Å². The molecule has 0 heterocycles. The normalized spacial score (nSPS) is 9.94. The Morgan fingerprint density at radius 1 is 0.938 bits per heavy atom. The second kappa shape index (κ2) is 21.1. The van der Waals surface area contributed by atoms with E-state index >= 15 is 0 Å². The largest absolute Gasteiger partial charge is 0.449 e. The van der Waals surface area contributed by atoms with E-state index in [1.165, 1.54) is 64.2 Å². The highest BCUT2D eigenvalue weighted by Gasteiger charge is 2.05. The molecule has 0 spiro atoms. The van der Waals surface area contributed by atoms with Crippen LogP contribution >= 0.6 is 23.4 Å². The van der Waals surface area contributed by atoms with Crippen molar-refractivity contribution in [3.8, 4) is 23.0 Å². The van der Waals surface area contributed by atoms with Crippen molar-refractivity contribution in [2.75, 3.05) is 17.7 Å². The van der Waals surface area contributed by atoms with Crippen LogP contribution < -0.4 is 5.32 Å². The Bertz CT molecular complexity index is 745. The number of ether oxygens (including phenoxy) is 1. The van der Waals surface area contributed by atoms with E-state index in [0.29, 0.717) is 17.3 Å². The van der Waals surface area contributed by atoms with Gasteiger partial charge < -0.3 is 4.74 Å². The van der Waals surface area contributed by atoms with E-state index < -0.39 is 6.09 Å². The van der Waals surface area contributed by atoms with Crippen molar-refractivity contribution in [1.29, 1.82) is 0 Å². The summed E-state index contributed by atoms with van der Waals surface area (Å²) < 4.78 is 5.15. The molecule has 1 aromatic carbocycles. The third kappa shape index (κ3) is 16.9. The third-order valence-corrected chi connectivity index (χ3v) is 5.98. The predicted molar refractivity (Wildman–Crippen MR) is 140 cm³/mol. The molecule has 0 unspecified atom stereocenters. The Hall–Kier alpha value is -1.75. The highest BCUT2D eigenvalue weighted by molar-refractivity contribution is 8.03. The van der Waals surface area contributed by atoms with Crippen LogP contribution in [0.3, 0.4) is 0 Å². The van der Waals surface area contributed by atoms with Gasteiger partial charge in [0, 0.05) is 12.2 Å². The second-order valence-electron chi connectivity index (χ2n) is 7.76. The Morgan fingerprint density at radius 3 is 2.34 bits per heavy atom. The van der Waals surface area contributed by atoms with E-state index in [9.17, 15) is 4.79 Å². The molecule has 0 bridgehead atoms. The van der Waals surface area contributed by atoms with Gasteiger partial charge in [-0.25, -0.2) is 4.79 Å². The Labute approximate surface area is 204 Å². The zero-order chi connectivity index (χ0) is 23.1. The van der Waals surface area contributed by atoms with Crippen LogP contribution in [-0.2, 0) is 4.74 Å². The molecular weight excluding hydrogens is 438 g/mol. The number of unbranched alkanes of at least 4 members (excludes halogenated alkanes) is 11. The lowest BCUT2D eigenvalue weighted by Gasteiger charge is -2.07. The summed E-state index contributed by atoms with van der Waals surface area (Å²) in [5, 5.41) is 6.18. The van der Waals surface area contributed by atoms with Gasteiger partial charge in [-0.15, -0.1) is 0 Å². The maximum absolute atomic E-state index is 11.7. The first-order valence-electron chi connectivity index (χ1n) is 12.0. The Morgan fingerprint density at radius 2 is 1.62 bits per heavy atom. The topological polar surface area (TPSA) is 38.3 Å². The number of benzene rings is 1. The molecule has 0 aromatic heterocycles. The second-order valence-corrected chi connectivity index (χ2v) is 9.07. The Balaban J connectivity index is 1.89. The van der Waals surface area contributed by atoms with Gasteiger partial charge in [0.1, 0.15) is 0 Å². The molecule has 3 nitrogen and oxygen atoms in total. The SMILES string of the molecule is CCCCCCCCCCCCSC#CC#CCCCCOC(=O)Nc1ccccc1Cl. The molecule has 1 rings (SSSR count). The molecule has 0 fully saturated rings. The minimum atomic E-state index is -0.491. The fraction of sp³-hybridized carbons (Fsp3) is 0.593. The zero-order valence-electron chi connectivity index (χ0n) is 19.5. The third-order valence-electron chi connectivity index (χ3n) is 4.91. The molecule has 0 saturated carbocycles. The van der Waals surface area contributed by atoms with Crippen molar-refractivity contribution in [3.63, 3.8) is 0 Å². The minimum absolute atomic E-state index is 0.359. The minimum Gasteiger partial charge on any atom is -0.449 e. The maximum atomic E-state index is 11.7. The van der Waals surface area contributed by atoms with Gasteiger partial charge in [0.05, 0.1) is 17.3 Å². The monoisotopic (exact) mass is 475 g/mol. The first-order valence-corrected chi connectivity index (χ1v) is 13.4. The number of hydrogen-bond donors (Lipinski definition) is 1. The fourth-order valence-electron chi connectivity index (χ4n) is 3.07. The highest BCUT2D eigenvalue weighted by atomic mass is 35.5. The van der Waals surface area contributed by atoms with Crippen LogP contribution in [0.1, 0.15) is 90.4 Å². The van der Waals surface area contributed by atoms with Crippen molar-refractivity contribution in [3.05, 3.63) is 29.3 Å². The molecule has 0 aliphatic rings. The summed E-state index contributed by atoms with van der Waals surface area (Å²) >= 11 is 7.66. The van der Waals surface area contributed by atoms with Gasteiger partial charge in [0.15, 0.2) is 0 Å². The number of halogens is 1. The molecule has 0 aliphatic carbocycles. The van der Waals surface area contributed by atoms with Crippen LogP contribution in [0.25, 0.3) is 0 Å². The summed E-state index contributed by atoms with van der Waals surface area (Å²) in [5.74, 6) is 9.95. The van der Waals surface area contributed by atoms with Gasteiger partial charge in [0.25, 0.3) is 0 Å². The lowest BCUT2D eigenvalue weighted by atomic mass is 10.1. The predicted octanol–water partition coefficient (Wildman–Crippen LogP) is 8.68.